The lowest BCUT2D eigenvalue weighted by molar-refractivity contribution is -0.482. The summed E-state index contributed by atoms with van der Waals surface area (Å²) < 4.78 is 0. The number of hydrogen-bond donors (Lipinski definition) is 0. The molecule has 0 fully saturated rings. The van der Waals surface area contributed by atoms with Gasteiger partial charge in [-0.1, -0.05) is 27.7 Å². The van der Waals surface area contributed by atoms with Gasteiger partial charge in [-0.25, -0.2) is 0 Å². The highest BCUT2D eigenvalue weighted by Gasteiger charge is 2.21. The van der Waals surface area contributed by atoms with Crippen molar-refractivity contribution in [2.75, 3.05) is 6.54 Å². The zero-order chi connectivity index (χ0) is 9.07. The molecular formula is C8H17NO2. The Morgan fingerprint density at radius 3 is 2.18 bits per heavy atom. The Labute approximate surface area is 67.9 Å². The topological polar surface area (TPSA) is 43.1 Å². The van der Waals surface area contributed by atoms with Gasteiger partial charge in [0, 0.05) is 11.3 Å². The van der Waals surface area contributed by atoms with Gasteiger partial charge >= 0.3 is 0 Å². The molecule has 0 aromatic heterocycles. The van der Waals surface area contributed by atoms with Crippen LogP contribution in [0.2, 0.25) is 0 Å². The molecule has 0 bridgehead atoms. The van der Waals surface area contributed by atoms with Gasteiger partial charge in [0.15, 0.2) is 0 Å². The molecule has 0 radical (unpaired) electrons. The molecule has 66 valence electrons. The second kappa shape index (κ2) is 3.69. The van der Waals surface area contributed by atoms with Gasteiger partial charge in [-0.05, 0) is 11.3 Å². The highest BCUT2D eigenvalue weighted by atomic mass is 16.6. The molecule has 0 aromatic carbocycles. The lowest BCUT2D eigenvalue weighted by atomic mass is 9.80. The predicted octanol–water partition coefficient (Wildman–Crippen LogP) is 2.34. The van der Waals surface area contributed by atoms with Crippen molar-refractivity contribution >= 4 is 0 Å². The molecule has 1 unspecified atom stereocenters. The Balaban J connectivity index is 3.70. The molecule has 0 aliphatic rings. The van der Waals surface area contributed by atoms with Crippen LogP contribution in [0.1, 0.15) is 34.1 Å². The molecule has 3 nitrogen and oxygen atoms in total. The molecule has 0 heterocycles. The minimum Gasteiger partial charge on any atom is -0.265 e. The highest BCUT2D eigenvalue weighted by Crippen LogP contribution is 2.27. The summed E-state index contributed by atoms with van der Waals surface area (Å²) in [6.45, 7) is 8.48. The maximum absolute atomic E-state index is 10.0. The largest absolute Gasteiger partial charge is 0.265 e. The van der Waals surface area contributed by atoms with E-state index in [-0.39, 0.29) is 16.9 Å². The van der Waals surface area contributed by atoms with Crippen LogP contribution in [0.4, 0.5) is 0 Å². The fourth-order valence-electron chi connectivity index (χ4n) is 0.732. The Kier molecular flexibility index (Phi) is 3.49. The molecule has 0 saturated heterocycles. The van der Waals surface area contributed by atoms with Crippen LogP contribution in [0.5, 0.6) is 0 Å². The van der Waals surface area contributed by atoms with E-state index < -0.39 is 0 Å². The van der Waals surface area contributed by atoms with Crippen LogP contribution in [0.3, 0.4) is 0 Å². The van der Waals surface area contributed by atoms with Crippen molar-refractivity contribution < 1.29 is 4.92 Å². The SMILES string of the molecule is CC(CC[N+](=O)[O-])C(C)(C)C. The standard InChI is InChI=1S/C8H17NO2/c1-7(8(2,3)4)5-6-9(10)11/h7H,5-6H2,1-4H3. The quantitative estimate of drug-likeness (QED) is 0.468. The first kappa shape index (κ1) is 10.4. The summed E-state index contributed by atoms with van der Waals surface area (Å²) >= 11 is 0. The Bertz CT molecular complexity index is 138. The average molecular weight is 159 g/mol. The Morgan fingerprint density at radius 2 is 1.91 bits per heavy atom. The monoisotopic (exact) mass is 159 g/mol. The molecule has 0 amide bonds. The van der Waals surface area contributed by atoms with E-state index in [0.717, 1.165) is 0 Å². The van der Waals surface area contributed by atoms with E-state index >= 15 is 0 Å². The van der Waals surface area contributed by atoms with Crippen LogP contribution >= 0.6 is 0 Å². The molecule has 0 aromatic rings. The molecule has 11 heavy (non-hydrogen) atoms. The van der Waals surface area contributed by atoms with Gasteiger partial charge in [0.2, 0.25) is 6.54 Å². The molecule has 0 rings (SSSR count). The average Bonchev–Trinajstić information content (AvgIpc) is 1.80. The summed E-state index contributed by atoms with van der Waals surface area (Å²) in [7, 11) is 0. The van der Waals surface area contributed by atoms with E-state index in [1.807, 2.05) is 0 Å². The Hall–Kier alpha value is -0.600. The summed E-state index contributed by atoms with van der Waals surface area (Å²) in [4.78, 5) is 9.79. The van der Waals surface area contributed by atoms with Gasteiger partial charge in [0.25, 0.3) is 0 Å². The third-order valence-electron chi connectivity index (χ3n) is 2.22. The molecule has 0 aliphatic carbocycles. The fourth-order valence-corrected chi connectivity index (χ4v) is 0.732. The van der Waals surface area contributed by atoms with E-state index in [1.54, 1.807) is 0 Å². The summed E-state index contributed by atoms with van der Waals surface area (Å²) in [5.74, 6) is 0.410. The maximum Gasteiger partial charge on any atom is 0.204 e. The lowest BCUT2D eigenvalue weighted by Crippen LogP contribution is -2.20. The number of nitro groups is 1. The first-order chi connectivity index (χ1) is 4.84. The van der Waals surface area contributed by atoms with Crippen molar-refractivity contribution in [2.45, 2.75) is 34.1 Å². The lowest BCUT2D eigenvalue weighted by Gasteiger charge is -2.25. The Morgan fingerprint density at radius 1 is 1.45 bits per heavy atom. The third kappa shape index (κ3) is 4.76. The second-order valence-electron chi connectivity index (χ2n) is 4.11. The predicted molar refractivity (Wildman–Crippen MR) is 45.1 cm³/mol. The van der Waals surface area contributed by atoms with Crippen molar-refractivity contribution in [3.05, 3.63) is 10.1 Å². The fraction of sp³-hybridized carbons (Fsp3) is 1.00. The van der Waals surface area contributed by atoms with E-state index in [1.165, 1.54) is 0 Å². The first-order valence-electron chi connectivity index (χ1n) is 3.96. The third-order valence-corrected chi connectivity index (χ3v) is 2.22. The van der Waals surface area contributed by atoms with Gasteiger partial charge in [-0.15, -0.1) is 0 Å². The summed E-state index contributed by atoms with van der Waals surface area (Å²) in [5.41, 5.74) is 0.190. The molecule has 0 N–H and O–H groups in total. The summed E-state index contributed by atoms with van der Waals surface area (Å²) in [6, 6.07) is 0. The molecule has 1 atom stereocenters. The van der Waals surface area contributed by atoms with Crippen molar-refractivity contribution in [3.63, 3.8) is 0 Å². The minimum atomic E-state index is -0.248. The van der Waals surface area contributed by atoms with E-state index in [9.17, 15) is 10.1 Å². The van der Waals surface area contributed by atoms with Gasteiger partial charge in [-0.3, -0.25) is 10.1 Å². The minimum absolute atomic E-state index is 0.0957. The molecule has 3 heteroatoms. The highest BCUT2D eigenvalue weighted by molar-refractivity contribution is 4.69. The van der Waals surface area contributed by atoms with Gasteiger partial charge < -0.3 is 0 Å². The van der Waals surface area contributed by atoms with Crippen LogP contribution in [0, 0.1) is 21.4 Å². The molecule has 0 saturated carbocycles. The number of hydrogen-bond acceptors (Lipinski definition) is 2. The van der Waals surface area contributed by atoms with Crippen LogP contribution in [0.25, 0.3) is 0 Å². The van der Waals surface area contributed by atoms with E-state index in [0.29, 0.717) is 12.3 Å². The van der Waals surface area contributed by atoms with Crippen molar-refractivity contribution in [3.8, 4) is 0 Å². The zero-order valence-electron chi connectivity index (χ0n) is 7.76. The first-order valence-corrected chi connectivity index (χ1v) is 3.96. The molecule has 0 spiro atoms. The van der Waals surface area contributed by atoms with E-state index in [4.69, 9.17) is 0 Å². The van der Waals surface area contributed by atoms with Crippen molar-refractivity contribution in [2.24, 2.45) is 11.3 Å². The van der Waals surface area contributed by atoms with Crippen LogP contribution in [0.15, 0.2) is 0 Å². The maximum atomic E-state index is 10.0. The van der Waals surface area contributed by atoms with Gasteiger partial charge in [0.05, 0.1) is 0 Å². The van der Waals surface area contributed by atoms with Crippen LogP contribution < -0.4 is 0 Å². The van der Waals surface area contributed by atoms with Crippen molar-refractivity contribution in [1.29, 1.82) is 0 Å². The second-order valence-corrected chi connectivity index (χ2v) is 4.11. The summed E-state index contributed by atoms with van der Waals surface area (Å²) in [6.07, 6.45) is 0.677. The van der Waals surface area contributed by atoms with Crippen molar-refractivity contribution in [1.82, 2.24) is 0 Å². The van der Waals surface area contributed by atoms with Crippen LogP contribution in [-0.2, 0) is 0 Å². The smallest absolute Gasteiger partial charge is 0.204 e. The number of nitrogens with zero attached hydrogens (tertiary/aromatic N) is 1. The number of rotatable bonds is 3. The van der Waals surface area contributed by atoms with Crippen LogP contribution in [-0.4, -0.2) is 11.5 Å². The summed E-state index contributed by atoms with van der Waals surface area (Å²) in [5, 5.41) is 10.0. The van der Waals surface area contributed by atoms with E-state index in [2.05, 4.69) is 27.7 Å². The van der Waals surface area contributed by atoms with Gasteiger partial charge in [0.1, 0.15) is 0 Å². The zero-order valence-corrected chi connectivity index (χ0v) is 7.76. The van der Waals surface area contributed by atoms with Gasteiger partial charge in [-0.2, -0.15) is 0 Å². The molecular weight excluding hydrogens is 142 g/mol. The normalized spacial score (nSPS) is 14.5. The molecule has 0 aliphatic heterocycles.